The minimum atomic E-state index is -0.212. The molecule has 0 bridgehead atoms. The summed E-state index contributed by atoms with van der Waals surface area (Å²) in [5, 5.41) is 14.1. The Bertz CT molecular complexity index is 448. The van der Waals surface area contributed by atoms with Crippen LogP contribution in [0, 0.1) is 0 Å². The lowest BCUT2D eigenvalue weighted by atomic mass is 9.97. The molecule has 1 aliphatic carbocycles. The fraction of sp³-hybridized carbons (Fsp3) is 0.786. The molecule has 106 valence electrons. The average Bonchev–Trinajstić information content (AvgIpc) is 3.00. The van der Waals surface area contributed by atoms with Crippen LogP contribution in [0.3, 0.4) is 0 Å². The largest absolute Gasteiger partial charge is 0.394 e. The number of ether oxygens (including phenoxy) is 1. The number of aromatic nitrogens is 2. The molecule has 1 N–H and O–H groups in total. The van der Waals surface area contributed by atoms with Crippen molar-refractivity contribution in [1.29, 1.82) is 0 Å². The summed E-state index contributed by atoms with van der Waals surface area (Å²) >= 11 is 0. The lowest BCUT2D eigenvalue weighted by Gasteiger charge is -2.35. The van der Waals surface area contributed by atoms with Gasteiger partial charge < -0.3 is 9.84 Å². The number of hydrogen-bond donors (Lipinski definition) is 1. The van der Waals surface area contributed by atoms with Gasteiger partial charge in [0.1, 0.15) is 0 Å². The molecule has 19 heavy (non-hydrogen) atoms. The van der Waals surface area contributed by atoms with Crippen LogP contribution in [0.5, 0.6) is 0 Å². The Balaban J connectivity index is 1.77. The van der Waals surface area contributed by atoms with E-state index >= 15 is 0 Å². The molecular weight excluding hydrogens is 242 g/mol. The van der Waals surface area contributed by atoms with Crippen molar-refractivity contribution in [3.8, 4) is 0 Å². The van der Waals surface area contributed by atoms with Crippen molar-refractivity contribution in [3.63, 3.8) is 0 Å². The van der Waals surface area contributed by atoms with Crippen molar-refractivity contribution in [2.24, 2.45) is 7.05 Å². The third-order valence-corrected chi connectivity index (χ3v) is 4.62. The number of aliphatic hydroxyl groups is 1. The summed E-state index contributed by atoms with van der Waals surface area (Å²) in [6.45, 7) is 2.36. The lowest BCUT2D eigenvalue weighted by Crippen LogP contribution is -2.49. The third-order valence-electron chi connectivity index (χ3n) is 4.62. The minimum Gasteiger partial charge on any atom is -0.394 e. The molecule has 2 fully saturated rings. The molecule has 5 heteroatoms. The second-order valence-electron chi connectivity index (χ2n) is 5.99. The molecule has 0 radical (unpaired) electrons. The fourth-order valence-electron chi connectivity index (χ4n) is 3.06. The van der Waals surface area contributed by atoms with Crippen LogP contribution in [0.1, 0.15) is 36.4 Å². The molecule has 3 rings (SSSR count). The van der Waals surface area contributed by atoms with E-state index in [2.05, 4.69) is 17.0 Å². The molecule has 1 aliphatic heterocycles. The van der Waals surface area contributed by atoms with Crippen LogP contribution in [0.4, 0.5) is 0 Å². The smallest absolute Gasteiger partial charge is 0.0698 e. The zero-order valence-electron chi connectivity index (χ0n) is 11.8. The standard InChI is InChI=1S/C14H23N3O2/c1-16(14(9-18)5-6-19-10-14)8-12-7-15-17(2)13(12)11-3-4-11/h7,11,18H,3-6,8-10H2,1-2H3. The van der Waals surface area contributed by atoms with Crippen LogP contribution >= 0.6 is 0 Å². The molecule has 0 amide bonds. The summed E-state index contributed by atoms with van der Waals surface area (Å²) in [7, 11) is 4.10. The normalized spacial score (nSPS) is 27.4. The highest BCUT2D eigenvalue weighted by molar-refractivity contribution is 5.25. The van der Waals surface area contributed by atoms with Gasteiger partial charge in [-0.1, -0.05) is 0 Å². The maximum Gasteiger partial charge on any atom is 0.0698 e. The van der Waals surface area contributed by atoms with Gasteiger partial charge in [-0.15, -0.1) is 0 Å². The number of hydrogen-bond acceptors (Lipinski definition) is 4. The van der Waals surface area contributed by atoms with Gasteiger partial charge in [0.05, 0.1) is 24.9 Å². The third kappa shape index (κ3) is 2.30. The fourth-order valence-corrected chi connectivity index (χ4v) is 3.06. The summed E-state index contributed by atoms with van der Waals surface area (Å²) in [6, 6.07) is 0. The van der Waals surface area contributed by atoms with Crippen molar-refractivity contribution in [1.82, 2.24) is 14.7 Å². The van der Waals surface area contributed by atoms with Gasteiger partial charge in [-0.2, -0.15) is 5.10 Å². The lowest BCUT2D eigenvalue weighted by molar-refractivity contribution is 0.0313. The monoisotopic (exact) mass is 265 g/mol. The molecule has 5 nitrogen and oxygen atoms in total. The molecule has 2 heterocycles. The highest BCUT2D eigenvalue weighted by atomic mass is 16.5. The van der Waals surface area contributed by atoms with Crippen LogP contribution < -0.4 is 0 Å². The summed E-state index contributed by atoms with van der Waals surface area (Å²) in [4.78, 5) is 2.24. The summed E-state index contributed by atoms with van der Waals surface area (Å²) < 4.78 is 7.49. The molecule has 2 aliphatic rings. The predicted octanol–water partition coefficient (Wildman–Crippen LogP) is 0.881. The van der Waals surface area contributed by atoms with Crippen molar-refractivity contribution < 1.29 is 9.84 Å². The molecule has 1 saturated carbocycles. The van der Waals surface area contributed by atoms with Crippen LogP contribution in [0.15, 0.2) is 6.20 Å². The first kappa shape index (κ1) is 13.1. The van der Waals surface area contributed by atoms with E-state index in [0.717, 1.165) is 19.6 Å². The van der Waals surface area contributed by atoms with Crippen LogP contribution in [0.2, 0.25) is 0 Å². The average molecular weight is 265 g/mol. The summed E-state index contributed by atoms with van der Waals surface area (Å²) in [5.74, 6) is 0.695. The molecule has 0 aromatic carbocycles. The van der Waals surface area contributed by atoms with E-state index in [1.54, 1.807) is 0 Å². The number of nitrogens with zero attached hydrogens (tertiary/aromatic N) is 3. The maximum absolute atomic E-state index is 9.72. The van der Waals surface area contributed by atoms with Gasteiger partial charge in [-0.25, -0.2) is 0 Å². The van der Waals surface area contributed by atoms with Crippen molar-refractivity contribution in [3.05, 3.63) is 17.5 Å². The first-order chi connectivity index (χ1) is 9.16. The van der Waals surface area contributed by atoms with E-state index in [1.165, 1.54) is 24.1 Å². The maximum atomic E-state index is 9.72. The van der Waals surface area contributed by atoms with Gasteiger partial charge in [0.15, 0.2) is 0 Å². The second kappa shape index (κ2) is 4.89. The Morgan fingerprint density at radius 2 is 2.37 bits per heavy atom. The Kier molecular flexibility index (Phi) is 3.37. The van der Waals surface area contributed by atoms with Crippen LogP contribution in [-0.2, 0) is 18.3 Å². The van der Waals surface area contributed by atoms with E-state index in [-0.39, 0.29) is 12.1 Å². The number of aliphatic hydroxyl groups excluding tert-OH is 1. The van der Waals surface area contributed by atoms with E-state index in [9.17, 15) is 5.11 Å². The highest BCUT2D eigenvalue weighted by Crippen LogP contribution is 2.42. The van der Waals surface area contributed by atoms with Gasteiger partial charge in [0.25, 0.3) is 0 Å². The quantitative estimate of drug-likeness (QED) is 0.858. The Morgan fingerprint density at radius 3 is 2.95 bits per heavy atom. The first-order valence-electron chi connectivity index (χ1n) is 7.07. The van der Waals surface area contributed by atoms with E-state index in [4.69, 9.17) is 4.74 Å². The van der Waals surface area contributed by atoms with E-state index in [1.807, 2.05) is 17.9 Å². The van der Waals surface area contributed by atoms with Crippen molar-refractivity contribution in [2.45, 2.75) is 37.3 Å². The summed E-state index contributed by atoms with van der Waals surface area (Å²) in [5.41, 5.74) is 2.46. The topological polar surface area (TPSA) is 50.5 Å². The molecular formula is C14H23N3O2. The Hall–Kier alpha value is -0.910. The summed E-state index contributed by atoms with van der Waals surface area (Å²) in [6.07, 6.45) is 5.44. The van der Waals surface area contributed by atoms with Crippen LogP contribution in [0.25, 0.3) is 0 Å². The minimum absolute atomic E-state index is 0.155. The van der Waals surface area contributed by atoms with Crippen molar-refractivity contribution >= 4 is 0 Å². The number of aryl methyl sites for hydroxylation is 1. The van der Waals surface area contributed by atoms with Gasteiger partial charge in [-0.05, 0) is 26.3 Å². The van der Waals surface area contributed by atoms with Gasteiger partial charge in [0, 0.05) is 37.4 Å². The Labute approximate surface area is 114 Å². The second-order valence-corrected chi connectivity index (χ2v) is 5.99. The molecule has 0 spiro atoms. The highest BCUT2D eigenvalue weighted by Gasteiger charge is 2.39. The molecule has 1 aromatic heterocycles. The van der Waals surface area contributed by atoms with Crippen LogP contribution in [-0.4, -0.2) is 52.2 Å². The Morgan fingerprint density at radius 1 is 1.58 bits per heavy atom. The number of likely N-dealkylation sites (N-methyl/N-ethyl adjacent to an activating group) is 1. The SMILES string of the molecule is CN(Cc1cnn(C)c1C1CC1)C1(CO)CCOC1. The zero-order valence-corrected chi connectivity index (χ0v) is 11.8. The van der Waals surface area contributed by atoms with Gasteiger partial charge in [-0.3, -0.25) is 9.58 Å². The number of rotatable bonds is 5. The molecule has 1 unspecified atom stereocenters. The van der Waals surface area contributed by atoms with Gasteiger partial charge >= 0.3 is 0 Å². The molecule has 1 atom stereocenters. The zero-order chi connectivity index (χ0) is 13.5. The molecule has 1 saturated heterocycles. The van der Waals surface area contributed by atoms with Crippen molar-refractivity contribution in [2.75, 3.05) is 26.9 Å². The van der Waals surface area contributed by atoms with E-state index in [0.29, 0.717) is 12.5 Å². The predicted molar refractivity (Wildman–Crippen MR) is 71.9 cm³/mol. The first-order valence-corrected chi connectivity index (χ1v) is 7.07. The van der Waals surface area contributed by atoms with Gasteiger partial charge in [0.2, 0.25) is 0 Å². The van der Waals surface area contributed by atoms with E-state index < -0.39 is 0 Å². The molecule has 1 aromatic rings.